The van der Waals surface area contributed by atoms with Crippen LogP contribution in [0.4, 0.5) is 5.69 Å². The second-order valence-corrected chi connectivity index (χ2v) is 6.14. The molecule has 0 aliphatic heterocycles. The van der Waals surface area contributed by atoms with Crippen LogP contribution >= 0.6 is 24.0 Å². The first kappa shape index (κ1) is 19.9. The number of hydrogen-bond acceptors (Lipinski definition) is 3. The Morgan fingerprint density at radius 1 is 1.17 bits per heavy atom. The fourth-order valence-electron chi connectivity index (χ4n) is 2.93. The van der Waals surface area contributed by atoms with Gasteiger partial charge < -0.3 is 20.1 Å². The van der Waals surface area contributed by atoms with Gasteiger partial charge in [0.05, 0.1) is 14.2 Å². The fraction of sp³-hybridized carbons (Fsp3) is 0.588. The predicted molar refractivity (Wildman–Crippen MR) is 107 cm³/mol. The maximum atomic E-state index is 5.32. The van der Waals surface area contributed by atoms with Gasteiger partial charge in [-0.2, -0.15) is 0 Å². The van der Waals surface area contributed by atoms with Gasteiger partial charge in [0.2, 0.25) is 0 Å². The smallest absolute Gasteiger partial charge is 0.195 e. The van der Waals surface area contributed by atoms with Gasteiger partial charge in [0, 0.05) is 25.3 Å². The molecule has 0 amide bonds. The number of methoxy groups -OCH3 is 2. The third-order valence-corrected chi connectivity index (χ3v) is 4.36. The van der Waals surface area contributed by atoms with E-state index in [0.29, 0.717) is 11.2 Å². The van der Waals surface area contributed by atoms with E-state index in [4.69, 9.17) is 9.47 Å². The van der Waals surface area contributed by atoms with Crippen LogP contribution in [0.1, 0.15) is 32.6 Å². The van der Waals surface area contributed by atoms with Gasteiger partial charge in [-0.15, -0.1) is 24.0 Å². The molecule has 0 bridgehead atoms. The Bertz CT molecular complexity index is 529. The van der Waals surface area contributed by atoms with Crippen molar-refractivity contribution in [3.63, 3.8) is 0 Å². The molecule has 6 heteroatoms. The Hall–Kier alpha value is -1.18. The van der Waals surface area contributed by atoms with Crippen LogP contribution in [-0.4, -0.2) is 33.8 Å². The van der Waals surface area contributed by atoms with Crippen molar-refractivity contribution in [2.45, 2.75) is 32.6 Å². The van der Waals surface area contributed by atoms with Crippen molar-refractivity contribution in [1.29, 1.82) is 0 Å². The molecule has 130 valence electrons. The minimum atomic E-state index is 0. The quantitative estimate of drug-likeness (QED) is 0.421. The maximum absolute atomic E-state index is 5.32. The van der Waals surface area contributed by atoms with E-state index in [1.165, 1.54) is 25.7 Å². The van der Waals surface area contributed by atoms with E-state index in [-0.39, 0.29) is 24.0 Å². The molecule has 0 aromatic heterocycles. The Morgan fingerprint density at radius 2 is 1.83 bits per heavy atom. The van der Waals surface area contributed by atoms with Crippen LogP contribution in [0.5, 0.6) is 11.5 Å². The van der Waals surface area contributed by atoms with Crippen molar-refractivity contribution in [2.24, 2.45) is 10.4 Å². The highest BCUT2D eigenvalue weighted by Crippen LogP contribution is 2.36. The molecular weight excluding hydrogens is 405 g/mol. The molecule has 23 heavy (non-hydrogen) atoms. The van der Waals surface area contributed by atoms with E-state index in [0.717, 1.165) is 23.9 Å². The Kier molecular flexibility index (Phi) is 7.94. The Balaban J connectivity index is 0.00000264. The molecule has 1 aromatic carbocycles. The van der Waals surface area contributed by atoms with Crippen LogP contribution in [-0.2, 0) is 0 Å². The fourth-order valence-corrected chi connectivity index (χ4v) is 2.93. The number of nitrogens with one attached hydrogen (secondary N) is 2. The summed E-state index contributed by atoms with van der Waals surface area (Å²) in [6, 6.07) is 5.74. The second-order valence-electron chi connectivity index (χ2n) is 6.14. The average molecular weight is 433 g/mol. The highest BCUT2D eigenvalue weighted by molar-refractivity contribution is 14.0. The molecule has 0 unspecified atom stereocenters. The van der Waals surface area contributed by atoms with Crippen LogP contribution in [0, 0.1) is 5.41 Å². The molecule has 1 fully saturated rings. The number of aliphatic imine (C=N–C) groups is 1. The lowest BCUT2D eigenvalue weighted by Gasteiger charge is -2.25. The molecule has 0 atom stereocenters. The molecule has 0 saturated heterocycles. The van der Waals surface area contributed by atoms with Crippen molar-refractivity contribution >= 4 is 35.6 Å². The summed E-state index contributed by atoms with van der Waals surface area (Å²) in [5.41, 5.74) is 1.30. The van der Waals surface area contributed by atoms with Crippen molar-refractivity contribution < 1.29 is 9.47 Å². The summed E-state index contributed by atoms with van der Waals surface area (Å²) in [7, 11) is 5.05. The van der Waals surface area contributed by atoms with E-state index < -0.39 is 0 Å². The first-order valence-corrected chi connectivity index (χ1v) is 7.80. The Morgan fingerprint density at radius 3 is 2.39 bits per heavy atom. The van der Waals surface area contributed by atoms with Gasteiger partial charge in [-0.3, -0.25) is 4.99 Å². The molecule has 1 aliphatic rings. The lowest BCUT2D eigenvalue weighted by atomic mass is 9.89. The van der Waals surface area contributed by atoms with Gasteiger partial charge in [0.1, 0.15) is 0 Å². The summed E-state index contributed by atoms with van der Waals surface area (Å²) < 4.78 is 10.6. The summed E-state index contributed by atoms with van der Waals surface area (Å²) in [6.07, 6.45) is 5.24. The van der Waals surface area contributed by atoms with Gasteiger partial charge in [-0.05, 0) is 30.4 Å². The molecule has 1 aromatic rings. The summed E-state index contributed by atoms with van der Waals surface area (Å²) in [5, 5.41) is 6.73. The number of halogens is 1. The van der Waals surface area contributed by atoms with Crippen LogP contribution in [0.25, 0.3) is 0 Å². The highest BCUT2D eigenvalue weighted by atomic mass is 127. The zero-order valence-electron chi connectivity index (χ0n) is 14.4. The van der Waals surface area contributed by atoms with Crippen molar-refractivity contribution in [2.75, 3.05) is 33.1 Å². The molecule has 1 aliphatic carbocycles. The lowest BCUT2D eigenvalue weighted by Crippen LogP contribution is -2.38. The monoisotopic (exact) mass is 433 g/mol. The van der Waals surface area contributed by atoms with E-state index in [9.17, 15) is 0 Å². The normalized spacial score (nSPS) is 16.4. The van der Waals surface area contributed by atoms with E-state index in [2.05, 4.69) is 22.5 Å². The molecule has 0 radical (unpaired) electrons. The van der Waals surface area contributed by atoms with Crippen LogP contribution in [0.2, 0.25) is 0 Å². The topological polar surface area (TPSA) is 54.9 Å². The van der Waals surface area contributed by atoms with Crippen molar-refractivity contribution in [1.82, 2.24) is 5.32 Å². The van der Waals surface area contributed by atoms with Crippen molar-refractivity contribution in [3.8, 4) is 11.5 Å². The SMILES string of the molecule is CN=C(NCC1(C)CCCC1)Nc1ccc(OC)c(OC)c1.I. The van der Waals surface area contributed by atoms with Crippen LogP contribution in [0.15, 0.2) is 23.2 Å². The number of anilines is 1. The zero-order valence-corrected chi connectivity index (χ0v) is 16.8. The number of benzene rings is 1. The first-order chi connectivity index (χ1) is 10.6. The number of rotatable bonds is 5. The number of ether oxygens (including phenoxy) is 2. The number of guanidine groups is 1. The summed E-state index contributed by atoms with van der Waals surface area (Å²) >= 11 is 0. The number of nitrogens with zero attached hydrogens (tertiary/aromatic N) is 1. The van der Waals surface area contributed by atoms with Crippen LogP contribution < -0.4 is 20.1 Å². The maximum Gasteiger partial charge on any atom is 0.195 e. The zero-order chi connectivity index (χ0) is 16.0. The third-order valence-electron chi connectivity index (χ3n) is 4.36. The van der Waals surface area contributed by atoms with Gasteiger partial charge >= 0.3 is 0 Å². The largest absolute Gasteiger partial charge is 0.493 e. The summed E-state index contributed by atoms with van der Waals surface area (Å²) in [5.74, 6) is 2.19. The lowest BCUT2D eigenvalue weighted by molar-refractivity contribution is 0.335. The summed E-state index contributed by atoms with van der Waals surface area (Å²) in [4.78, 5) is 4.30. The molecule has 0 spiro atoms. The average Bonchev–Trinajstić information content (AvgIpc) is 2.98. The first-order valence-electron chi connectivity index (χ1n) is 7.80. The number of hydrogen-bond donors (Lipinski definition) is 2. The summed E-state index contributed by atoms with van der Waals surface area (Å²) in [6.45, 7) is 3.29. The van der Waals surface area contributed by atoms with Crippen LogP contribution in [0.3, 0.4) is 0 Å². The van der Waals surface area contributed by atoms with Gasteiger partial charge in [0.25, 0.3) is 0 Å². The van der Waals surface area contributed by atoms with Gasteiger partial charge in [-0.1, -0.05) is 19.8 Å². The van der Waals surface area contributed by atoms with E-state index >= 15 is 0 Å². The minimum absolute atomic E-state index is 0. The molecular formula is C17H28IN3O2. The minimum Gasteiger partial charge on any atom is -0.493 e. The van der Waals surface area contributed by atoms with Gasteiger partial charge in [-0.25, -0.2) is 0 Å². The third kappa shape index (κ3) is 5.44. The van der Waals surface area contributed by atoms with Crippen molar-refractivity contribution in [3.05, 3.63) is 18.2 Å². The predicted octanol–water partition coefficient (Wildman–Crippen LogP) is 3.89. The standard InChI is InChI=1S/C17H27N3O2.HI/c1-17(9-5-6-10-17)12-19-16(18-2)20-13-7-8-14(21-3)15(11-13)22-4;/h7-8,11H,5-6,9-10,12H2,1-4H3,(H2,18,19,20);1H. The molecule has 2 N–H and O–H groups in total. The molecule has 1 saturated carbocycles. The molecule has 5 nitrogen and oxygen atoms in total. The van der Waals surface area contributed by atoms with E-state index in [1.54, 1.807) is 21.3 Å². The highest BCUT2D eigenvalue weighted by Gasteiger charge is 2.28. The molecule has 0 heterocycles. The molecule has 2 rings (SSSR count). The van der Waals surface area contributed by atoms with E-state index in [1.807, 2.05) is 18.2 Å². The second kappa shape index (κ2) is 9.20. The van der Waals surface area contributed by atoms with Gasteiger partial charge in [0.15, 0.2) is 17.5 Å². The Labute approximate surface area is 156 Å².